The van der Waals surface area contributed by atoms with E-state index >= 15 is 0 Å². The Kier molecular flexibility index (Phi) is 4.72. The first-order chi connectivity index (χ1) is 13.6. The van der Waals surface area contributed by atoms with Gasteiger partial charge < -0.3 is 4.74 Å². The van der Waals surface area contributed by atoms with Crippen LogP contribution >= 0.6 is 0 Å². The van der Waals surface area contributed by atoms with Crippen molar-refractivity contribution in [2.45, 2.75) is 26.0 Å². The monoisotopic (exact) mass is 382 g/mol. The molecule has 4 rings (SSSR count). The first-order valence-corrected chi connectivity index (χ1v) is 9.04. The number of esters is 1. The first-order valence-electron chi connectivity index (χ1n) is 9.04. The van der Waals surface area contributed by atoms with Gasteiger partial charge in [-0.25, -0.2) is 0 Å². The number of aromatic nitrogens is 3. The van der Waals surface area contributed by atoms with Crippen LogP contribution in [0.3, 0.4) is 0 Å². The lowest BCUT2D eigenvalue weighted by atomic mass is 9.85. The minimum Gasteiger partial charge on any atom is -0.442 e. The zero-order chi connectivity index (χ0) is 19.7. The lowest BCUT2D eigenvalue weighted by Crippen LogP contribution is -2.34. The maximum Gasteiger partial charge on any atom is 0.309 e. The van der Waals surface area contributed by atoms with E-state index in [1.165, 1.54) is 0 Å². The Morgan fingerprint density at radius 2 is 1.75 bits per heavy atom. The molecule has 0 bridgehead atoms. The van der Waals surface area contributed by atoms with Crippen molar-refractivity contribution in [3.63, 3.8) is 0 Å². The third-order valence-corrected chi connectivity index (χ3v) is 5.12. The Hall–Kier alpha value is -3.36. The number of amides is 2. The lowest BCUT2D eigenvalue weighted by Gasteiger charge is -2.14. The summed E-state index contributed by atoms with van der Waals surface area (Å²) in [5.74, 6) is -1.73. The van der Waals surface area contributed by atoms with E-state index < -0.39 is 11.5 Å². The maximum absolute atomic E-state index is 12.4. The molecule has 0 saturated carbocycles. The summed E-state index contributed by atoms with van der Waals surface area (Å²) in [5.41, 5.74) is 0.0389. The van der Waals surface area contributed by atoms with Crippen LogP contribution in [0.5, 0.6) is 0 Å². The number of carbonyl (C=O) groups is 3. The van der Waals surface area contributed by atoms with Gasteiger partial charge in [-0.1, -0.05) is 29.5 Å². The number of ether oxygens (including phenoxy) is 1. The van der Waals surface area contributed by atoms with Crippen LogP contribution in [0.4, 0.5) is 0 Å². The number of nitrogens with zero attached hydrogens (tertiary/aromatic N) is 4. The molecule has 1 fully saturated rings. The number of rotatable bonds is 5. The summed E-state index contributed by atoms with van der Waals surface area (Å²) in [5, 5.41) is 8.02. The topological polar surface area (TPSA) is 111 Å². The molecular formula is C19H18N4O5. The minimum atomic E-state index is -0.629. The van der Waals surface area contributed by atoms with E-state index in [-0.39, 0.29) is 43.3 Å². The Bertz CT molecular complexity index is 1020. The molecule has 1 saturated heterocycles. The first kappa shape index (κ1) is 18.0. The van der Waals surface area contributed by atoms with E-state index in [1.54, 1.807) is 24.3 Å². The summed E-state index contributed by atoms with van der Waals surface area (Å²) >= 11 is 0. The number of hydrogen-bond acceptors (Lipinski definition) is 7. The second kappa shape index (κ2) is 7.34. The standard InChI is InChI=1S/C19H18N4O5/c24-16(9-10-22-17(25)12-5-1-2-6-13(12)18(22)26)28-11-23-19(27)14-7-3-4-8-15(14)20-21-23/h1-4,7-8,12-13H,5-6,9-11H2/t12-,13-/m1/s1. The van der Waals surface area contributed by atoms with E-state index in [4.69, 9.17) is 4.74 Å². The van der Waals surface area contributed by atoms with E-state index in [9.17, 15) is 19.2 Å². The van der Waals surface area contributed by atoms with Crippen molar-refractivity contribution in [3.8, 4) is 0 Å². The average molecular weight is 382 g/mol. The maximum atomic E-state index is 12.4. The van der Waals surface area contributed by atoms with Crippen molar-refractivity contribution in [1.29, 1.82) is 0 Å². The largest absolute Gasteiger partial charge is 0.442 e. The summed E-state index contributed by atoms with van der Waals surface area (Å²) < 4.78 is 6.02. The van der Waals surface area contributed by atoms with Crippen LogP contribution in [-0.2, 0) is 25.9 Å². The van der Waals surface area contributed by atoms with Gasteiger partial charge in [0, 0.05) is 6.54 Å². The third kappa shape index (κ3) is 3.19. The summed E-state index contributed by atoms with van der Waals surface area (Å²) in [6.45, 7) is -0.408. The van der Waals surface area contributed by atoms with Gasteiger partial charge in [0.1, 0.15) is 5.52 Å². The fourth-order valence-electron chi connectivity index (χ4n) is 3.61. The molecule has 2 heterocycles. The molecule has 144 valence electrons. The molecule has 0 N–H and O–H groups in total. The number of fused-ring (bicyclic) bond motifs is 2. The quantitative estimate of drug-likeness (QED) is 0.424. The average Bonchev–Trinajstić information content (AvgIpc) is 2.96. The number of allylic oxidation sites excluding steroid dienone is 2. The van der Waals surface area contributed by atoms with Crippen LogP contribution < -0.4 is 5.56 Å². The van der Waals surface area contributed by atoms with E-state index in [0.29, 0.717) is 23.7 Å². The highest BCUT2D eigenvalue weighted by Gasteiger charge is 2.46. The van der Waals surface area contributed by atoms with E-state index in [1.807, 2.05) is 12.2 Å². The molecule has 1 aromatic heterocycles. The second-order valence-electron chi connectivity index (χ2n) is 6.79. The lowest BCUT2D eigenvalue weighted by molar-refractivity contribution is -0.149. The van der Waals surface area contributed by atoms with E-state index in [2.05, 4.69) is 10.3 Å². The predicted octanol–water partition coefficient (Wildman–Crippen LogP) is 0.633. The molecule has 0 radical (unpaired) electrons. The molecule has 2 amide bonds. The van der Waals surface area contributed by atoms with Crippen LogP contribution in [0.1, 0.15) is 19.3 Å². The zero-order valence-electron chi connectivity index (χ0n) is 15.0. The number of hydrogen-bond donors (Lipinski definition) is 0. The van der Waals surface area contributed by atoms with Gasteiger partial charge in [0.2, 0.25) is 11.8 Å². The fourth-order valence-corrected chi connectivity index (χ4v) is 3.61. The van der Waals surface area contributed by atoms with Gasteiger partial charge in [0.15, 0.2) is 6.73 Å². The zero-order valence-corrected chi connectivity index (χ0v) is 15.0. The molecule has 9 nitrogen and oxygen atoms in total. The van der Waals surface area contributed by atoms with Crippen molar-refractivity contribution >= 4 is 28.7 Å². The van der Waals surface area contributed by atoms with Gasteiger partial charge in [-0.3, -0.25) is 24.1 Å². The smallest absolute Gasteiger partial charge is 0.309 e. The molecule has 28 heavy (non-hydrogen) atoms. The molecule has 0 unspecified atom stereocenters. The van der Waals surface area contributed by atoms with Crippen LogP contribution in [0.15, 0.2) is 41.2 Å². The Morgan fingerprint density at radius 1 is 1.07 bits per heavy atom. The highest BCUT2D eigenvalue weighted by Crippen LogP contribution is 2.34. The normalized spacial score (nSPS) is 21.2. The van der Waals surface area contributed by atoms with Gasteiger partial charge in [-0.2, -0.15) is 4.68 Å². The molecule has 1 aromatic carbocycles. The Balaban J connectivity index is 1.34. The van der Waals surface area contributed by atoms with Crippen LogP contribution in [0, 0.1) is 11.8 Å². The van der Waals surface area contributed by atoms with Crippen LogP contribution in [0.2, 0.25) is 0 Å². The summed E-state index contributed by atoms with van der Waals surface area (Å²) in [6.07, 6.45) is 4.79. The number of likely N-dealkylation sites (tertiary alicyclic amines) is 1. The highest BCUT2D eigenvalue weighted by molar-refractivity contribution is 6.05. The number of benzene rings is 1. The van der Waals surface area contributed by atoms with Gasteiger partial charge in [0.25, 0.3) is 5.56 Å². The highest BCUT2D eigenvalue weighted by atomic mass is 16.5. The second-order valence-corrected chi connectivity index (χ2v) is 6.79. The van der Waals surface area contributed by atoms with Crippen LogP contribution in [0.25, 0.3) is 10.9 Å². The number of imide groups is 1. The Morgan fingerprint density at radius 3 is 2.46 bits per heavy atom. The van der Waals surface area contributed by atoms with E-state index in [0.717, 1.165) is 9.58 Å². The molecule has 1 aliphatic carbocycles. The minimum absolute atomic E-state index is 0.0260. The van der Waals surface area contributed by atoms with Crippen molar-refractivity contribution in [2.75, 3.05) is 6.54 Å². The molecule has 2 aliphatic rings. The van der Waals surface area contributed by atoms with Gasteiger partial charge in [-0.15, -0.1) is 5.10 Å². The molecule has 0 spiro atoms. The molecule has 2 aromatic rings. The third-order valence-electron chi connectivity index (χ3n) is 5.12. The summed E-state index contributed by atoms with van der Waals surface area (Å²) in [6, 6.07) is 6.73. The predicted molar refractivity (Wildman–Crippen MR) is 96.6 cm³/mol. The van der Waals surface area contributed by atoms with Crippen molar-refractivity contribution in [2.24, 2.45) is 11.8 Å². The van der Waals surface area contributed by atoms with Gasteiger partial charge in [0.05, 0.1) is 23.6 Å². The van der Waals surface area contributed by atoms with Crippen molar-refractivity contribution < 1.29 is 19.1 Å². The molecule has 9 heteroatoms. The number of carbonyl (C=O) groups excluding carboxylic acids is 3. The van der Waals surface area contributed by atoms with Gasteiger partial charge >= 0.3 is 5.97 Å². The fraction of sp³-hybridized carbons (Fsp3) is 0.368. The summed E-state index contributed by atoms with van der Waals surface area (Å²) in [4.78, 5) is 50.2. The molecule has 2 atom stereocenters. The Labute approximate surface area is 159 Å². The summed E-state index contributed by atoms with van der Waals surface area (Å²) in [7, 11) is 0. The van der Waals surface area contributed by atoms with Gasteiger partial charge in [-0.05, 0) is 25.0 Å². The van der Waals surface area contributed by atoms with Crippen molar-refractivity contribution in [3.05, 3.63) is 46.8 Å². The van der Waals surface area contributed by atoms with Crippen LogP contribution in [-0.4, -0.2) is 44.2 Å². The molecule has 1 aliphatic heterocycles. The molecular weight excluding hydrogens is 364 g/mol. The SMILES string of the molecule is O=C(CCN1C(=O)[C@@H]2CC=CC[C@H]2C1=O)OCn1nnc2ccccc2c1=O. The van der Waals surface area contributed by atoms with Crippen molar-refractivity contribution in [1.82, 2.24) is 19.9 Å².